The van der Waals surface area contributed by atoms with Crippen molar-refractivity contribution >= 4 is 10.9 Å². The van der Waals surface area contributed by atoms with Crippen LogP contribution in [-0.2, 0) is 6.54 Å². The summed E-state index contributed by atoms with van der Waals surface area (Å²) in [6, 6.07) is 8.04. The van der Waals surface area contributed by atoms with E-state index in [2.05, 4.69) is 20.5 Å². The van der Waals surface area contributed by atoms with Gasteiger partial charge in [0.15, 0.2) is 0 Å². The molecular weight excluding hydrogens is 190 g/mol. The Balaban J connectivity index is 2.05. The lowest BCUT2D eigenvalue weighted by Crippen LogP contribution is -2.01. The first-order valence-corrected chi connectivity index (χ1v) is 4.69. The maximum atomic E-state index is 4.26. The summed E-state index contributed by atoms with van der Waals surface area (Å²) < 4.78 is 1.75. The monoisotopic (exact) mass is 199 g/mol. The highest BCUT2D eigenvalue weighted by Gasteiger charge is 2.05. The van der Waals surface area contributed by atoms with Crippen LogP contribution in [0.1, 0.15) is 5.69 Å². The lowest BCUT2D eigenvalue weighted by atomic mass is 10.2. The van der Waals surface area contributed by atoms with E-state index < -0.39 is 0 Å². The van der Waals surface area contributed by atoms with Crippen molar-refractivity contribution in [1.82, 2.24) is 25.2 Å². The molecule has 0 spiro atoms. The summed E-state index contributed by atoms with van der Waals surface area (Å²) in [6.45, 7) is 0.643. The van der Waals surface area contributed by atoms with Gasteiger partial charge in [-0.1, -0.05) is 23.4 Å². The van der Waals surface area contributed by atoms with Crippen molar-refractivity contribution in [3.05, 3.63) is 42.4 Å². The molecule has 0 radical (unpaired) electrons. The molecule has 0 unspecified atom stereocenters. The standard InChI is InChI=1S/C10H9N5/c1-2-4-9-8(3-1)10(13-12-9)7-15-6-5-11-14-15/h1-6H,7H2,(H,12,13). The van der Waals surface area contributed by atoms with Gasteiger partial charge in [0.25, 0.3) is 0 Å². The number of para-hydroxylation sites is 1. The number of nitrogens with one attached hydrogen (secondary N) is 1. The number of fused-ring (bicyclic) bond motifs is 1. The fourth-order valence-electron chi connectivity index (χ4n) is 1.61. The number of rotatable bonds is 2. The fourth-order valence-corrected chi connectivity index (χ4v) is 1.61. The largest absolute Gasteiger partial charge is 0.277 e. The number of H-pyrrole nitrogens is 1. The number of aromatic amines is 1. The quantitative estimate of drug-likeness (QED) is 0.674. The molecule has 3 aromatic rings. The van der Waals surface area contributed by atoms with Crippen molar-refractivity contribution in [2.45, 2.75) is 6.54 Å². The van der Waals surface area contributed by atoms with Crippen molar-refractivity contribution < 1.29 is 0 Å². The third-order valence-electron chi connectivity index (χ3n) is 2.33. The van der Waals surface area contributed by atoms with E-state index >= 15 is 0 Å². The second-order valence-electron chi connectivity index (χ2n) is 3.32. The molecule has 0 aliphatic heterocycles. The highest BCUT2D eigenvalue weighted by molar-refractivity contribution is 5.81. The second-order valence-corrected chi connectivity index (χ2v) is 3.32. The van der Waals surface area contributed by atoms with Crippen LogP contribution in [-0.4, -0.2) is 25.2 Å². The molecule has 0 saturated heterocycles. The molecule has 0 saturated carbocycles. The van der Waals surface area contributed by atoms with Crippen LogP contribution in [0, 0.1) is 0 Å². The summed E-state index contributed by atoms with van der Waals surface area (Å²) in [5.74, 6) is 0. The molecule has 0 amide bonds. The van der Waals surface area contributed by atoms with Gasteiger partial charge in [-0.05, 0) is 6.07 Å². The number of benzene rings is 1. The van der Waals surface area contributed by atoms with Crippen molar-refractivity contribution in [1.29, 1.82) is 0 Å². The smallest absolute Gasteiger partial charge is 0.0916 e. The molecule has 3 rings (SSSR count). The van der Waals surface area contributed by atoms with Crippen LogP contribution in [0.5, 0.6) is 0 Å². The van der Waals surface area contributed by atoms with Gasteiger partial charge in [-0.25, -0.2) is 4.68 Å². The van der Waals surface area contributed by atoms with E-state index in [0.717, 1.165) is 16.6 Å². The first kappa shape index (κ1) is 8.16. The van der Waals surface area contributed by atoms with Gasteiger partial charge in [0, 0.05) is 11.6 Å². The molecule has 1 aromatic carbocycles. The van der Waals surface area contributed by atoms with Gasteiger partial charge in [-0.2, -0.15) is 5.10 Å². The molecule has 0 bridgehead atoms. The minimum absolute atomic E-state index is 0.643. The highest BCUT2D eigenvalue weighted by atomic mass is 15.4. The van der Waals surface area contributed by atoms with Gasteiger partial charge >= 0.3 is 0 Å². The highest BCUT2D eigenvalue weighted by Crippen LogP contribution is 2.15. The molecule has 2 heterocycles. The van der Waals surface area contributed by atoms with E-state index in [9.17, 15) is 0 Å². The molecule has 0 fully saturated rings. The van der Waals surface area contributed by atoms with Gasteiger partial charge < -0.3 is 0 Å². The topological polar surface area (TPSA) is 59.4 Å². The molecular formula is C10H9N5. The third kappa shape index (κ3) is 1.38. The Morgan fingerprint density at radius 3 is 3.07 bits per heavy atom. The molecule has 5 nitrogen and oxygen atoms in total. The number of hydrogen-bond acceptors (Lipinski definition) is 3. The van der Waals surface area contributed by atoms with E-state index in [4.69, 9.17) is 0 Å². The number of hydrogen-bond donors (Lipinski definition) is 1. The SMILES string of the molecule is c1ccc2c(Cn3ccnn3)n[nH]c2c1. The molecule has 5 heteroatoms. The Hall–Kier alpha value is -2.17. The van der Waals surface area contributed by atoms with Crippen LogP contribution >= 0.6 is 0 Å². The summed E-state index contributed by atoms with van der Waals surface area (Å²) in [7, 11) is 0. The zero-order chi connectivity index (χ0) is 10.1. The van der Waals surface area contributed by atoms with Crippen molar-refractivity contribution in [3.63, 3.8) is 0 Å². The molecule has 0 atom stereocenters. The zero-order valence-electron chi connectivity index (χ0n) is 7.96. The molecule has 2 aromatic heterocycles. The third-order valence-corrected chi connectivity index (χ3v) is 2.33. The minimum atomic E-state index is 0.643. The lowest BCUT2D eigenvalue weighted by Gasteiger charge is -1.96. The summed E-state index contributed by atoms with van der Waals surface area (Å²) in [6.07, 6.45) is 3.48. The normalized spacial score (nSPS) is 10.9. The zero-order valence-corrected chi connectivity index (χ0v) is 7.96. The predicted octanol–water partition coefficient (Wildman–Crippen LogP) is 1.20. The fraction of sp³-hybridized carbons (Fsp3) is 0.100. The van der Waals surface area contributed by atoms with Crippen LogP contribution < -0.4 is 0 Å². The molecule has 0 aliphatic rings. The first-order valence-electron chi connectivity index (χ1n) is 4.69. The van der Waals surface area contributed by atoms with Gasteiger partial charge in [-0.3, -0.25) is 5.10 Å². The molecule has 0 aliphatic carbocycles. The molecule has 15 heavy (non-hydrogen) atoms. The summed E-state index contributed by atoms with van der Waals surface area (Å²) in [4.78, 5) is 0. The van der Waals surface area contributed by atoms with E-state index in [1.54, 1.807) is 10.9 Å². The maximum absolute atomic E-state index is 4.26. The van der Waals surface area contributed by atoms with E-state index in [0.29, 0.717) is 6.54 Å². The van der Waals surface area contributed by atoms with Gasteiger partial charge in [-0.15, -0.1) is 5.10 Å². The number of aromatic nitrogens is 5. The molecule has 74 valence electrons. The Bertz CT molecular complexity index is 566. The van der Waals surface area contributed by atoms with E-state index in [1.807, 2.05) is 30.5 Å². The Kier molecular flexibility index (Phi) is 1.74. The predicted molar refractivity (Wildman–Crippen MR) is 55.2 cm³/mol. The second kappa shape index (κ2) is 3.20. The summed E-state index contributed by atoms with van der Waals surface area (Å²) in [5, 5.41) is 16.0. The Morgan fingerprint density at radius 1 is 1.27 bits per heavy atom. The first-order chi connectivity index (χ1) is 7.43. The van der Waals surface area contributed by atoms with Crippen LogP contribution in [0.2, 0.25) is 0 Å². The summed E-state index contributed by atoms with van der Waals surface area (Å²) >= 11 is 0. The lowest BCUT2D eigenvalue weighted by molar-refractivity contribution is 0.639. The van der Waals surface area contributed by atoms with Crippen molar-refractivity contribution in [3.8, 4) is 0 Å². The molecule has 1 N–H and O–H groups in total. The Morgan fingerprint density at radius 2 is 2.20 bits per heavy atom. The van der Waals surface area contributed by atoms with Crippen LogP contribution in [0.15, 0.2) is 36.7 Å². The van der Waals surface area contributed by atoms with Gasteiger partial charge in [0.1, 0.15) is 0 Å². The Labute approximate surface area is 85.7 Å². The van der Waals surface area contributed by atoms with Gasteiger partial charge in [0.05, 0.1) is 24.0 Å². The van der Waals surface area contributed by atoms with Crippen molar-refractivity contribution in [2.24, 2.45) is 0 Å². The number of nitrogens with zero attached hydrogens (tertiary/aromatic N) is 4. The van der Waals surface area contributed by atoms with Gasteiger partial charge in [0.2, 0.25) is 0 Å². The van der Waals surface area contributed by atoms with E-state index in [-0.39, 0.29) is 0 Å². The minimum Gasteiger partial charge on any atom is -0.277 e. The average molecular weight is 199 g/mol. The van der Waals surface area contributed by atoms with Crippen molar-refractivity contribution in [2.75, 3.05) is 0 Å². The summed E-state index contributed by atoms with van der Waals surface area (Å²) in [5.41, 5.74) is 2.03. The van der Waals surface area contributed by atoms with E-state index in [1.165, 1.54) is 0 Å². The van der Waals surface area contributed by atoms with Crippen LogP contribution in [0.25, 0.3) is 10.9 Å². The van der Waals surface area contributed by atoms with Crippen LogP contribution in [0.3, 0.4) is 0 Å². The van der Waals surface area contributed by atoms with Crippen LogP contribution in [0.4, 0.5) is 0 Å². The maximum Gasteiger partial charge on any atom is 0.0916 e. The average Bonchev–Trinajstić information content (AvgIpc) is 2.89.